The molecule has 1 aliphatic heterocycles. The Kier molecular flexibility index (Phi) is 7.66. The van der Waals surface area contributed by atoms with Gasteiger partial charge in [0, 0.05) is 37.6 Å². The summed E-state index contributed by atoms with van der Waals surface area (Å²) in [6, 6.07) is 2.83. The quantitative estimate of drug-likeness (QED) is 0.316. The summed E-state index contributed by atoms with van der Waals surface area (Å²) in [6.07, 6.45) is 6.20. The number of nitrogens with one attached hydrogen (secondary N) is 2. The Hall–Kier alpha value is -3.75. The van der Waals surface area contributed by atoms with Gasteiger partial charge in [0.25, 0.3) is 5.91 Å². The fraction of sp³-hybridized carbons (Fsp3) is 0.423. The maximum atomic E-state index is 13.8. The van der Waals surface area contributed by atoms with Crippen molar-refractivity contribution >= 4 is 50.5 Å². The van der Waals surface area contributed by atoms with Gasteiger partial charge in [0.2, 0.25) is 10.0 Å². The number of esters is 1. The number of pyridine rings is 1. The van der Waals surface area contributed by atoms with Crippen molar-refractivity contribution in [3.8, 4) is 0 Å². The third kappa shape index (κ3) is 6.14. The third-order valence-corrected chi connectivity index (χ3v) is 8.19. The van der Waals surface area contributed by atoms with Crippen LogP contribution in [-0.4, -0.2) is 75.3 Å². The minimum absolute atomic E-state index is 0.0892. The van der Waals surface area contributed by atoms with Crippen molar-refractivity contribution in [2.75, 3.05) is 30.3 Å². The van der Waals surface area contributed by atoms with Crippen molar-refractivity contribution in [3.05, 3.63) is 58.9 Å². The first-order chi connectivity index (χ1) is 19.3. The maximum Gasteiger partial charge on any atom is 0.312 e. The van der Waals surface area contributed by atoms with E-state index in [1.54, 1.807) is 69.1 Å². The normalized spacial score (nSPS) is 16.5. The number of halogens is 1. The predicted molar refractivity (Wildman–Crippen MR) is 153 cm³/mol. The molecule has 4 aromatic rings. The molecule has 1 amide bonds. The van der Waals surface area contributed by atoms with Gasteiger partial charge in [-0.3, -0.25) is 14.0 Å². The Morgan fingerprint density at radius 3 is 2.80 bits per heavy atom. The van der Waals surface area contributed by atoms with E-state index in [4.69, 9.17) is 16.3 Å². The highest BCUT2D eigenvalue weighted by atomic mass is 35.5. The van der Waals surface area contributed by atoms with Gasteiger partial charge < -0.3 is 15.0 Å². The molecular formula is C26H31ClN8O5S. The molecule has 2 N–H and O–H groups in total. The number of sulfonamides is 1. The highest BCUT2D eigenvalue weighted by Crippen LogP contribution is 2.33. The van der Waals surface area contributed by atoms with Gasteiger partial charge in [-0.2, -0.15) is 5.10 Å². The van der Waals surface area contributed by atoms with E-state index in [0.717, 1.165) is 0 Å². The van der Waals surface area contributed by atoms with Gasteiger partial charge in [-0.05, 0) is 39.8 Å². The first kappa shape index (κ1) is 28.8. The monoisotopic (exact) mass is 602 g/mol. The van der Waals surface area contributed by atoms with Crippen LogP contribution in [0.25, 0.3) is 11.2 Å². The first-order valence-electron chi connectivity index (χ1n) is 13.0. The van der Waals surface area contributed by atoms with E-state index in [1.807, 2.05) is 4.90 Å². The summed E-state index contributed by atoms with van der Waals surface area (Å²) in [4.78, 5) is 37.0. The number of nitrogens with zero attached hydrogens (tertiary/aromatic N) is 6. The molecule has 41 heavy (non-hydrogen) atoms. The lowest BCUT2D eigenvalue weighted by Crippen LogP contribution is -2.34. The third-order valence-electron chi connectivity index (χ3n) is 6.53. The fourth-order valence-corrected chi connectivity index (χ4v) is 6.08. The van der Waals surface area contributed by atoms with E-state index in [0.29, 0.717) is 34.1 Å². The average Bonchev–Trinajstić information content (AvgIpc) is 3.45. The van der Waals surface area contributed by atoms with Gasteiger partial charge in [0.1, 0.15) is 23.3 Å². The number of ether oxygens (including phenoxy) is 1. The molecule has 0 radical (unpaired) electrons. The molecule has 5 rings (SSSR count). The predicted octanol–water partition coefficient (Wildman–Crippen LogP) is 2.14. The maximum absolute atomic E-state index is 13.8. The van der Waals surface area contributed by atoms with Crippen LogP contribution in [-0.2, 0) is 26.0 Å². The molecule has 1 fully saturated rings. The molecule has 1 atom stereocenters. The van der Waals surface area contributed by atoms with Crippen LogP contribution < -0.4 is 14.9 Å². The second-order valence-electron chi connectivity index (χ2n) is 10.8. The molecule has 4 aromatic heterocycles. The smallest absolute Gasteiger partial charge is 0.312 e. The van der Waals surface area contributed by atoms with Crippen LogP contribution in [0.5, 0.6) is 0 Å². The SMILES string of the molecule is CC(NC(=O)c1c(CC(=O)OC(C)(C)C)nn2cccnc12)c1cc(Cl)c2cncn2c1N1CCNS(=O)(=O)CC1. The zero-order valence-corrected chi connectivity index (χ0v) is 24.7. The van der Waals surface area contributed by atoms with Crippen LogP contribution >= 0.6 is 11.6 Å². The molecule has 1 saturated heterocycles. The molecular weight excluding hydrogens is 572 g/mol. The Labute approximate surface area is 241 Å². The summed E-state index contributed by atoms with van der Waals surface area (Å²) in [5, 5.41) is 7.87. The largest absolute Gasteiger partial charge is 0.460 e. The number of carbonyl (C=O) groups is 2. The Morgan fingerprint density at radius 2 is 2.05 bits per heavy atom. The van der Waals surface area contributed by atoms with Gasteiger partial charge in [-0.25, -0.2) is 27.6 Å². The molecule has 0 aliphatic carbocycles. The topological polar surface area (TPSA) is 152 Å². The number of fused-ring (bicyclic) bond motifs is 2. The van der Waals surface area contributed by atoms with Gasteiger partial charge in [0.05, 0.1) is 40.6 Å². The summed E-state index contributed by atoms with van der Waals surface area (Å²) < 4.78 is 35.7. The number of anilines is 1. The number of amides is 1. The van der Waals surface area contributed by atoms with E-state index in [-0.39, 0.29) is 36.5 Å². The van der Waals surface area contributed by atoms with E-state index in [1.165, 1.54) is 4.52 Å². The number of carbonyl (C=O) groups excluding carboxylic acids is 2. The van der Waals surface area contributed by atoms with Gasteiger partial charge in [-0.1, -0.05) is 11.6 Å². The van der Waals surface area contributed by atoms with Crippen molar-refractivity contribution in [1.29, 1.82) is 0 Å². The van der Waals surface area contributed by atoms with Crippen molar-refractivity contribution in [2.24, 2.45) is 0 Å². The van der Waals surface area contributed by atoms with Crippen molar-refractivity contribution < 1.29 is 22.7 Å². The highest BCUT2D eigenvalue weighted by molar-refractivity contribution is 7.89. The molecule has 218 valence electrons. The van der Waals surface area contributed by atoms with Crippen LogP contribution in [0.15, 0.2) is 37.1 Å². The summed E-state index contributed by atoms with van der Waals surface area (Å²) in [5.41, 5.74) is 1.29. The number of hydrogen-bond acceptors (Lipinski definition) is 9. The van der Waals surface area contributed by atoms with Crippen molar-refractivity contribution in [2.45, 2.75) is 45.8 Å². The Morgan fingerprint density at radius 1 is 1.27 bits per heavy atom. The Bertz CT molecular complexity index is 1740. The summed E-state index contributed by atoms with van der Waals surface area (Å²) in [6.45, 7) is 7.96. The summed E-state index contributed by atoms with van der Waals surface area (Å²) in [7, 11) is -3.40. The van der Waals surface area contributed by atoms with Gasteiger partial charge in [-0.15, -0.1) is 0 Å². The lowest BCUT2D eigenvalue weighted by atomic mass is 10.1. The molecule has 0 saturated carbocycles. The highest BCUT2D eigenvalue weighted by Gasteiger charge is 2.29. The minimum atomic E-state index is -3.40. The van der Waals surface area contributed by atoms with E-state index < -0.39 is 33.5 Å². The van der Waals surface area contributed by atoms with E-state index in [2.05, 4.69) is 25.1 Å². The molecule has 0 aromatic carbocycles. The Balaban J connectivity index is 1.51. The molecule has 1 aliphatic rings. The molecule has 5 heterocycles. The lowest BCUT2D eigenvalue weighted by Gasteiger charge is -2.28. The van der Waals surface area contributed by atoms with Gasteiger partial charge in [0.15, 0.2) is 5.65 Å². The van der Waals surface area contributed by atoms with Crippen molar-refractivity contribution in [1.82, 2.24) is 34.0 Å². The molecule has 1 unspecified atom stereocenters. The summed E-state index contributed by atoms with van der Waals surface area (Å²) in [5.74, 6) is -0.431. The van der Waals surface area contributed by atoms with Crippen LogP contribution in [0.2, 0.25) is 5.02 Å². The standard InChI is InChI=1S/C26H31ClN8O5S/c1-16(17-12-18(27)20-14-28-15-34(20)25(17)33-9-7-30-41(38,39)11-10-33)31-24(37)22-19(13-21(36)40-26(2,3)4)32-35-8-5-6-29-23(22)35/h5-6,8,12,14-16,30H,7,9-11,13H2,1-4H3,(H,31,37). The second kappa shape index (κ2) is 10.9. The second-order valence-corrected chi connectivity index (χ2v) is 13.1. The van der Waals surface area contributed by atoms with Crippen LogP contribution in [0, 0.1) is 0 Å². The number of aromatic nitrogens is 5. The first-order valence-corrected chi connectivity index (χ1v) is 15.1. The molecule has 15 heteroatoms. The number of imidazole rings is 1. The van der Waals surface area contributed by atoms with E-state index in [9.17, 15) is 18.0 Å². The molecule has 0 bridgehead atoms. The molecule has 13 nitrogen and oxygen atoms in total. The minimum Gasteiger partial charge on any atom is -0.460 e. The van der Waals surface area contributed by atoms with Crippen molar-refractivity contribution in [3.63, 3.8) is 0 Å². The summed E-state index contributed by atoms with van der Waals surface area (Å²) >= 11 is 6.61. The zero-order valence-electron chi connectivity index (χ0n) is 23.1. The van der Waals surface area contributed by atoms with E-state index >= 15 is 0 Å². The van der Waals surface area contributed by atoms with Crippen LogP contribution in [0.4, 0.5) is 5.82 Å². The molecule has 0 spiro atoms. The number of hydrogen-bond donors (Lipinski definition) is 2. The zero-order chi connectivity index (χ0) is 29.5. The number of rotatable bonds is 6. The van der Waals surface area contributed by atoms with Crippen LogP contribution in [0.3, 0.4) is 0 Å². The van der Waals surface area contributed by atoms with Gasteiger partial charge >= 0.3 is 5.97 Å². The fourth-order valence-electron chi connectivity index (χ4n) is 4.82. The van der Waals surface area contributed by atoms with Crippen LogP contribution in [0.1, 0.15) is 55.4 Å². The lowest BCUT2D eigenvalue weighted by molar-refractivity contribution is -0.154. The average molecular weight is 603 g/mol.